The van der Waals surface area contributed by atoms with Crippen molar-refractivity contribution in [1.82, 2.24) is 0 Å². The highest BCUT2D eigenvalue weighted by atomic mass is 16.7. The number of carbonyl (C=O) groups is 2. The van der Waals surface area contributed by atoms with Crippen LogP contribution in [0.3, 0.4) is 0 Å². The fourth-order valence-electron chi connectivity index (χ4n) is 4.68. The third-order valence-electron chi connectivity index (χ3n) is 6.23. The zero-order valence-electron chi connectivity index (χ0n) is 17.5. The molecule has 0 radical (unpaired) electrons. The normalized spacial score (nSPS) is 23.3. The fourth-order valence-corrected chi connectivity index (χ4v) is 4.68. The summed E-state index contributed by atoms with van der Waals surface area (Å²) in [7, 11) is 0. The number of unbranched alkanes of at least 4 members (excludes halogenated alkanes) is 2. The molecule has 7 heteroatoms. The Labute approximate surface area is 177 Å². The molecule has 7 nitrogen and oxygen atoms in total. The molecule has 0 bridgehead atoms. The van der Waals surface area contributed by atoms with Gasteiger partial charge in [-0.3, -0.25) is 0 Å². The van der Waals surface area contributed by atoms with Gasteiger partial charge in [0.1, 0.15) is 5.75 Å². The summed E-state index contributed by atoms with van der Waals surface area (Å²) in [6, 6.07) is 5.76. The molecule has 0 aromatic heterocycles. The highest BCUT2D eigenvalue weighted by molar-refractivity contribution is 5.81. The van der Waals surface area contributed by atoms with E-state index in [9.17, 15) is 14.7 Å². The second-order valence-electron chi connectivity index (χ2n) is 8.35. The average Bonchev–Trinajstić information content (AvgIpc) is 3.10. The van der Waals surface area contributed by atoms with Gasteiger partial charge in [0.15, 0.2) is 6.61 Å². The number of carboxylic acid groups (broad SMARTS) is 1. The van der Waals surface area contributed by atoms with Crippen molar-refractivity contribution in [3.05, 3.63) is 29.3 Å². The molecule has 1 aliphatic carbocycles. The summed E-state index contributed by atoms with van der Waals surface area (Å²) in [5.74, 6) is 0.474. The average molecular weight is 421 g/mol. The summed E-state index contributed by atoms with van der Waals surface area (Å²) in [6.07, 6.45) is 5.89. The van der Waals surface area contributed by atoms with Crippen molar-refractivity contribution in [2.24, 2.45) is 11.8 Å². The summed E-state index contributed by atoms with van der Waals surface area (Å²) >= 11 is 0. The van der Waals surface area contributed by atoms with Crippen LogP contribution in [0, 0.1) is 11.8 Å². The lowest BCUT2D eigenvalue weighted by atomic mass is 9.74. The second-order valence-corrected chi connectivity index (χ2v) is 8.35. The Hall–Kier alpha value is -2.12. The number of ether oxygens (including phenoxy) is 3. The predicted octanol–water partition coefficient (Wildman–Crippen LogP) is 3.74. The van der Waals surface area contributed by atoms with Gasteiger partial charge in [0.05, 0.1) is 18.8 Å². The van der Waals surface area contributed by atoms with Crippen molar-refractivity contribution in [3.63, 3.8) is 0 Å². The highest BCUT2D eigenvalue weighted by Crippen LogP contribution is 2.42. The van der Waals surface area contributed by atoms with E-state index in [4.69, 9.17) is 14.6 Å². The van der Waals surface area contributed by atoms with Crippen molar-refractivity contribution in [3.8, 4) is 5.75 Å². The molecular formula is C23H32O7. The van der Waals surface area contributed by atoms with Crippen molar-refractivity contribution in [1.29, 1.82) is 0 Å². The maximum atomic E-state index is 11.5. The third kappa shape index (κ3) is 5.95. The van der Waals surface area contributed by atoms with Crippen LogP contribution >= 0.6 is 0 Å². The van der Waals surface area contributed by atoms with Crippen LogP contribution in [0.15, 0.2) is 18.2 Å². The minimum Gasteiger partial charge on any atom is -0.482 e. The van der Waals surface area contributed by atoms with E-state index >= 15 is 0 Å². The molecule has 1 heterocycles. The maximum Gasteiger partial charge on any atom is 0.513 e. The van der Waals surface area contributed by atoms with Gasteiger partial charge in [-0.05, 0) is 61.1 Å². The lowest BCUT2D eigenvalue weighted by Crippen LogP contribution is -2.30. The minimum absolute atomic E-state index is 0.166. The van der Waals surface area contributed by atoms with Gasteiger partial charge < -0.3 is 24.4 Å². The molecule has 4 atom stereocenters. The van der Waals surface area contributed by atoms with E-state index in [1.165, 1.54) is 5.56 Å². The Morgan fingerprint density at radius 2 is 2.07 bits per heavy atom. The molecule has 0 saturated carbocycles. The van der Waals surface area contributed by atoms with Crippen LogP contribution in [0.5, 0.6) is 5.75 Å². The first kappa shape index (κ1) is 22.6. The standard InChI is InChI=1S/C23H32O7/c1-2-3-4-7-17(24)9-10-21-19-11-15-6-5-8-20(18(15)12-16(19)13-28-21)29-14-22(25)30-23(26)27/h5-6,8,16-17,19,21,24H,2-4,7,9-14H2,1H3,(H,26,27). The highest BCUT2D eigenvalue weighted by Gasteiger charge is 2.41. The van der Waals surface area contributed by atoms with E-state index in [0.29, 0.717) is 24.2 Å². The molecule has 0 spiro atoms. The van der Waals surface area contributed by atoms with Gasteiger partial charge in [0.2, 0.25) is 0 Å². The zero-order valence-corrected chi connectivity index (χ0v) is 17.5. The monoisotopic (exact) mass is 420 g/mol. The summed E-state index contributed by atoms with van der Waals surface area (Å²) in [5.41, 5.74) is 2.24. The first-order valence-corrected chi connectivity index (χ1v) is 10.9. The van der Waals surface area contributed by atoms with E-state index in [1.807, 2.05) is 6.07 Å². The summed E-state index contributed by atoms with van der Waals surface area (Å²) < 4.78 is 15.7. The van der Waals surface area contributed by atoms with Crippen LogP contribution in [0.25, 0.3) is 0 Å². The smallest absolute Gasteiger partial charge is 0.482 e. The van der Waals surface area contributed by atoms with Crippen LogP contribution < -0.4 is 4.74 Å². The number of hydrogen-bond acceptors (Lipinski definition) is 6. The van der Waals surface area contributed by atoms with Crippen molar-refractivity contribution in [2.45, 2.75) is 70.5 Å². The summed E-state index contributed by atoms with van der Waals surface area (Å²) in [4.78, 5) is 21.9. The molecule has 1 aliphatic heterocycles. The van der Waals surface area contributed by atoms with E-state index in [2.05, 4.69) is 17.7 Å². The van der Waals surface area contributed by atoms with Gasteiger partial charge in [0.25, 0.3) is 0 Å². The maximum absolute atomic E-state index is 11.5. The Kier molecular flexibility index (Phi) is 8.10. The molecule has 0 amide bonds. The second kappa shape index (κ2) is 10.8. The number of aliphatic hydroxyl groups is 1. The molecule has 1 aromatic carbocycles. The van der Waals surface area contributed by atoms with Crippen molar-refractivity contribution < 1.29 is 34.0 Å². The molecular weight excluding hydrogens is 388 g/mol. The molecule has 1 aromatic rings. The lowest BCUT2D eigenvalue weighted by Gasteiger charge is -2.30. The fraction of sp³-hybridized carbons (Fsp3) is 0.652. The first-order chi connectivity index (χ1) is 14.5. The Bertz CT molecular complexity index is 732. The third-order valence-corrected chi connectivity index (χ3v) is 6.23. The number of esters is 1. The zero-order chi connectivity index (χ0) is 21.5. The van der Waals surface area contributed by atoms with Gasteiger partial charge in [-0.1, -0.05) is 38.3 Å². The van der Waals surface area contributed by atoms with E-state index in [0.717, 1.165) is 56.9 Å². The molecule has 1 saturated heterocycles. The van der Waals surface area contributed by atoms with Gasteiger partial charge in [-0.2, -0.15) is 0 Å². The molecule has 3 rings (SSSR count). The molecule has 4 unspecified atom stereocenters. The van der Waals surface area contributed by atoms with Gasteiger partial charge in [-0.25, -0.2) is 9.59 Å². The number of fused-ring (bicyclic) bond motifs is 2. The summed E-state index contributed by atoms with van der Waals surface area (Å²) in [5, 5.41) is 18.7. The minimum atomic E-state index is -1.63. The molecule has 1 fully saturated rings. The number of aliphatic hydroxyl groups excluding tert-OH is 1. The van der Waals surface area contributed by atoms with E-state index < -0.39 is 18.7 Å². The summed E-state index contributed by atoms with van der Waals surface area (Å²) in [6.45, 7) is 2.42. The first-order valence-electron chi connectivity index (χ1n) is 10.9. The van der Waals surface area contributed by atoms with Gasteiger partial charge in [0, 0.05) is 0 Å². The Balaban J connectivity index is 1.56. The van der Waals surface area contributed by atoms with Crippen LogP contribution in [0.4, 0.5) is 4.79 Å². The van der Waals surface area contributed by atoms with Crippen molar-refractivity contribution >= 4 is 12.1 Å². The number of hydrogen-bond donors (Lipinski definition) is 2. The Morgan fingerprint density at radius 1 is 1.23 bits per heavy atom. The quantitative estimate of drug-likeness (QED) is 0.338. The molecule has 30 heavy (non-hydrogen) atoms. The van der Waals surface area contributed by atoms with Crippen molar-refractivity contribution in [2.75, 3.05) is 13.2 Å². The predicted molar refractivity (Wildman–Crippen MR) is 110 cm³/mol. The van der Waals surface area contributed by atoms with Gasteiger partial charge in [-0.15, -0.1) is 0 Å². The molecule has 2 aliphatic rings. The number of benzene rings is 1. The lowest BCUT2D eigenvalue weighted by molar-refractivity contribution is -0.141. The molecule has 166 valence electrons. The van der Waals surface area contributed by atoms with Gasteiger partial charge >= 0.3 is 12.1 Å². The van der Waals surface area contributed by atoms with E-state index in [1.54, 1.807) is 6.07 Å². The largest absolute Gasteiger partial charge is 0.513 e. The SMILES string of the molecule is CCCCCC(O)CCC1OCC2Cc3c(cccc3OCC(=O)OC(=O)O)CC21. The van der Waals surface area contributed by atoms with Crippen LogP contribution in [0.2, 0.25) is 0 Å². The van der Waals surface area contributed by atoms with Crippen LogP contribution in [0.1, 0.15) is 56.6 Å². The topological polar surface area (TPSA) is 102 Å². The molecule has 2 N–H and O–H groups in total. The van der Waals surface area contributed by atoms with Crippen LogP contribution in [-0.2, 0) is 27.1 Å². The van der Waals surface area contributed by atoms with Crippen LogP contribution in [-0.4, -0.2) is 47.8 Å². The number of rotatable bonds is 10. The number of carbonyl (C=O) groups excluding carboxylic acids is 1. The van der Waals surface area contributed by atoms with E-state index in [-0.39, 0.29) is 12.2 Å². The Morgan fingerprint density at radius 3 is 2.83 bits per heavy atom.